The predicted molar refractivity (Wildman–Crippen MR) is 77.1 cm³/mol. The van der Waals surface area contributed by atoms with Crippen LogP contribution in [0, 0.1) is 5.92 Å². The van der Waals surface area contributed by atoms with Crippen molar-refractivity contribution in [3.63, 3.8) is 0 Å². The number of nitrogens with zero attached hydrogens (tertiary/aromatic N) is 2. The first-order chi connectivity index (χ1) is 9.68. The smallest absolute Gasteiger partial charge is 0.245 e. The van der Waals surface area contributed by atoms with Crippen LogP contribution in [0.4, 0.5) is 0 Å². The highest BCUT2D eigenvalue weighted by Gasteiger charge is 2.42. The molecule has 4 nitrogen and oxygen atoms in total. The van der Waals surface area contributed by atoms with Crippen LogP contribution in [0.2, 0.25) is 0 Å². The summed E-state index contributed by atoms with van der Waals surface area (Å²) in [4.78, 5) is 29.1. The van der Waals surface area contributed by atoms with Crippen molar-refractivity contribution in [3.05, 3.63) is 0 Å². The predicted octanol–water partition coefficient (Wildman–Crippen LogP) is 2.18. The first-order valence-corrected chi connectivity index (χ1v) is 8.29. The second-order valence-corrected chi connectivity index (χ2v) is 6.69. The zero-order valence-corrected chi connectivity index (χ0v) is 12.5. The molecule has 2 unspecified atom stereocenters. The second-order valence-electron chi connectivity index (χ2n) is 6.69. The van der Waals surface area contributed by atoms with Crippen LogP contribution >= 0.6 is 0 Å². The molecule has 0 spiro atoms. The van der Waals surface area contributed by atoms with Crippen LogP contribution in [0.1, 0.15) is 58.3 Å². The molecule has 2 heterocycles. The molecular formula is C16H26N2O2. The van der Waals surface area contributed by atoms with Gasteiger partial charge in [0.05, 0.1) is 0 Å². The fraction of sp³-hybridized carbons (Fsp3) is 0.875. The summed E-state index contributed by atoms with van der Waals surface area (Å²) in [6.07, 6.45) is 8.56. The van der Waals surface area contributed by atoms with Gasteiger partial charge in [-0.25, -0.2) is 0 Å². The summed E-state index contributed by atoms with van der Waals surface area (Å²) in [5, 5.41) is 0. The first kappa shape index (κ1) is 13.9. The van der Waals surface area contributed by atoms with E-state index in [-0.39, 0.29) is 23.8 Å². The maximum Gasteiger partial charge on any atom is 0.245 e. The molecule has 1 saturated carbocycles. The van der Waals surface area contributed by atoms with Crippen LogP contribution in [-0.4, -0.2) is 46.8 Å². The minimum atomic E-state index is -0.163. The van der Waals surface area contributed by atoms with Gasteiger partial charge in [0, 0.05) is 25.0 Å². The summed E-state index contributed by atoms with van der Waals surface area (Å²) in [6, 6.07) is 0.173. The fourth-order valence-electron chi connectivity index (χ4n) is 3.65. The highest BCUT2D eigenvalue weighted by molar-refractivity contribution is 5.90. The molecule has 2 saturated heterocycles. The van der Waals surface area contributed by atoms with Gasteiger partial charge < -0.3 is 9.80 Å². The van der Waals surface area contributed by atoms with E-state index >= 15 is 0 Å². The Morgan fingerprint density at radius 1 is 0.800 bits per heavy atom. The molecular weight excluding hydrogens is 252 g/mol. The monoisotopic (exact) mass is 278 g/mol. The molecule has 1 aliphatic carbocycles. The van der Waals surface area contributed by atoms with Gasteiger partial charge in [0.1, 0.15) is 6.04 Å². The average molecular weight is 278 g/mol. The van der Waals surface area contributed by atoms with Gasteiger partial charge >= 0.3 is 0 Å². The molecule has 0 aromatic carbocycles. The van der Waals surface area contributed by atoms with E-state index in [9.17, 15) is 9.59 Å². The van der Waals surface area contributed by atoms with Gasteiger partial charge in [0.15, 0.2) is 0 Å². The van der Waals surface area contributed by atoms with Crippen molar-refractivity contribution in [1.29, 1.82) is 0 Å². The molecule has 2 aliphatic heterocycles. The minimum absolute atomic E-state index is 0.163. The summed E-state index contributed by atoms with van der Waals surface area (Å²) in [5.41, 5.74) is 0. The van der Waals surface area contributed by atoms with E-state index < -0.39 is 0 Å². The van der Waals surface area contributed by atoms with Crippen LogP contribution in [0.25, 0.3) is 0 Å². The van der Waals surface area contributed by atoms with Gasteiger partial charge in [-0.2, -0.15) is 0 Å². The van der Waals surface area contributed by atoms with Crippen molar-refractivity contribution in [2.24, 2.45) is 5.92 Å². The normalized spacial score (nSPS) is 31.2. The summed E-state index contributed by atoms with van der Waals surface area (Å²) in [6.45, 7) is 3.82. The van der Waals surface area contributed by atoms with Gasteiger partial charge in [-0.15, -0.1) is 0 Å². The summed E-state index contributed by atoms with van der Waals surface area (Å²) in [5.74, 6) is 0.680. The maximum absolute atomic E-state index is 12.9. The Hall–Kier alpha value is -1.06. The Morgan fingerprint density at radius 2 is 1.55 bits per heavy atom. The summed E-state index contributed by atoms with van der Waals surface area (Å²) in [7, 11) is 0. The van der Waals surface area contributed by atoms with Crippen molar-refractivity contribution in [3.8, 4) is 0 Å². The summed E-state index contributed by atoms with van der Waals surface area (Å²) >= 11 is 0. The van der Waals surface area contributed by atoms with E-state index in [1.807, 2.05) is 4.90 Å². The topological polar surface area (TPSA) is 40.6 Å². The molecule has 0 bridgehead atoms. The molecule has 3 rings (SSSR count). The summed E-state index contributed by atoms with van der Waals surface area (Å²) < 4.78 is 0. The maximum atomic E-state index is 12.9. The number of rotatable bonds is 2. The molecule has 0 radical (unpaired) electrons. The lowest BCUT2D eigenvalue weighted by Gasteiger charge is -2.33. The Bertz CT molecular complexity index is 392. The van der Waals surface area contributed by atoms with E-state index in [0.717, 1.165) is 51.6 Å². The molecule has 2 atom stereocenters. The number of hydrogen-bond donors (Lipinski definition) is 0. The molecule has 3 aliphatic rings. The molecule has 0 aromatic heterocycles. The zero-order valence-electron chi connectivity index (χ0n) is 12.5. The fourth-order valence-corrected chi connectivity index (χ4v) is 3.65. The van der Waals surface area contributed by atoms with Crippen molar-refractivity contribution >= 4 is 11.8 Å². The highest BCUT2D eigenvalue weighted by atomic mass is 16.2. The first-order valence-electron chi connectivity index (χ1n) is 8.29. The average Bonchev–Trinajstić information content (AvgIpc) is 3.21. The largest absolute Gasteiger partial charge is 0.338 e. The van der Waals surface area contributed by atoms with E-state index in [0.29, 0.717) is 6.04 Å². The molecule has 3 fully saturated rings. The van der Waals surface area contributed by atoms with Crippen LogP contribution in [0.3, 0.4) is 0 Å². The van der Waals surface area contributed by atoms with Crippen molar-refractivity contribution in [2.75, 3.05) is 13.1 Å². The Kier molecular flexibility index (Phi) is 3.99. The van der Waals surface area contributed by atoms with E-state index in [1.54, 1.807) is 0 Å². The van der Waals surface area contributed by atoms with Crippen LogP contribution < -0.4 is 0 Å². The molecule has 0 N–H and O–H groups in total. The quantitative estimate of drug-likeness (QED) is 0.777. The van der Waals surface area contributed by atoms with Crippen molar-refractivity contribution in [1.82, 2.24) is 9.80 Å². The number of amides is 2. The van der Waals surface area contributed by atoms with Crippen molar-refractivity contribution in [2.45, 2.75) is 70.4 Å². The van der Waals surface area contributed by atoms with Crippen LogP contribution in [0.15, 0.2) is 0 Å². The van der Waals surface area contributed by atoms with Gasteiger partial charge in [0.2, 0.25) is 11.8 Å². The van der Waals surface area contributed by atoms with Gasteiger partial charge in [-0.05, 0) is 45.4 Å². The Balaban J connectivity index is 1.69. The number of hydrogen-bond acceptors (Lipinski definition) is 2. The Morgan fingerprint density at radius 3 is 2.30 bits per heavy atom. The number of carbonyl (C=O) groups is 2. The highest BCUT2D eigenvalue weighted by Crippen LogP contribution is 2.34. The molecule has 0 aromatic rings. The third kappa shape index (κ3) is 2.70. The van der Waals surface area contributed by atoms with E-state index in [2.05, 4.69) is 11.8 Å². The minimum Gasteiger partial charge on any atom is -0.338 e. The molecule has 4 heteroatoms. The van der Waals surface area contributed by atoms with Gasteiger partial charge in [-0.3, -0.25) is 9.59 Å². The standard InChI is InChI=1S/C16H26N2O2/c1-12-6-3-2-4-10-17(12)16(20)14-7-5-11-18(14)15(19)13-8-9-13/h12-14H,2-11H2,1H3. The number of carbonyl (C=O) groups excluding carboxylic acids is 2. The van der Waals surface area contributed by atoms with Gasteiger partial charge in [0.25, 0.3) is 0 Å². The second kappa shape index (κ2) is 5.74. The third-order valence-corrected chi connectivity index (χ3v) is 5.08. The van der Waals surface area contributed by atoms with Crippen LogP contribution in [-0.2, 0) is 9.59 Å². The van der Waals surface area contributed by atoms with Crippen LogP contribution in [0.5, 0.6) is 0 Å². The lowest BCUT2D eigenvalue weighted by molar-refractivity contribution is -0.145. The Labute approximate surface area is 121 Å². The molecule has 112 valence electrons. The number of likely N-dealkylation sites (tertiary alicyclic amines) is 2. The lowest BCUT2D eigenvalue weighted by Crippen LogP contribution is -2.50. The third-order valence-electron chi connectivity index (χ3n) is 5.08. The molecule has 20 heavy (non-hydrogen) atoms. The zero-order chi connectivity index (χ0) is 14.1. The van der Waals surface area contributed by atoms with Gasteiger partial charge in [-0.1, -0.05) is 12.8 Å². The SMILES string of the molecule is CC1CCCCCN1C(=O)C1CCCN1C(=O)C1CC1. The molecule has 2 amide bonds. The lowest BCUT2D eigenvalue weighted by atomic mass is 10.1. The van der Waals surface area contributed by atoms with Crippen molar-refractivity contribution < 1.29 is 9.59 Å². The van der Waals surface area contributed by atoms with E-state index in [1.165, 1.54) is 12.8 Å². The van der Waals surface area contributed by atoms with E-state index in [4.69, 9.17) is 0 Å².